The summed E-state index contributed by atoms with van der Waals surface area (Å²) in [7, 11) is 1.66. The molecule has 0 saturated carbocycles. The van der Waals surface area contributed by atoms with E-state index in [0.717, 1.165) is 11.3 Å². The molecule has 0 aliphatic heterocycles. The van der Waals surface area contributed by atoms with Gasteiger partial charge < -0.3 is 19.5 Å². The van der Waals surface area contributed by atoms with E-state index in [9.17, 15) is 15.0 Å². The van der Waals surface area contributed by atoms with Gasteiger partial charge in [-0.25, -0.2) is 0 Å². The van der Waals surface area contributed by atoms with Crippen LogP contribution < -0.4 is 0 Å². The van der Waals surface area contributed by atoms with Crippen molar-refractivity contribution < 1.29 is 19.4 Å². The lowest BCUT2D eigenvalue weighted by Gasteiger charge is -2.30. The Balaban J connectivity index is 2.94. The van der Waals surface area contributed by atoms with Crippen molar-refractivity contribution in [3.63, 3.8) is 0 Å². The maximum absolute atomic E-state index is 12.4. The van der Waals surface area contributed by atoms with E-state index in [2.05, 4.69) is 0 Å². The highest BCUT2D eigenvalue weighted by Gasteiger charge is 2.29. The number of aryl methyl sites for hydroxylation is 2. The normalized spacial score (nSPS) is 11.7. The van der Waals surface area contributed by atoms with Gasteiger partial charge >= 0.3 is 0 Å². The number of hydrogen-bond donors (Lipinski definition) is 2. The smallest absolute Gasteiger partial charge is 0.257 e. The molecule has 1 rings (SSSR count). The number of carbonyl (C=O) groups excluding carboxylic acids is 1. The minimum atomic E-state index is -0.703. The van der Waals surface area contributed by atoms with Gasteiger partial charge in [-0.1, -0.05) is 6.92 Å². The Morgan fingerprint density at radius 3 is 2.11 bits per heavy atom. The topological polar surface area (TPSA) is 73.9 Å². The molecule has 1 aromatic heterocycles. The molecule has 1 amide bonds. The fraction of sp³-hybridized carbons (Fsp3) is 0.643. The fourth-order valence-corrected chi connectivity index (χ4v) is 2.09. The molecule has 1 aromatic rings. The summed E-state index contributed by atoms with van der Waals surface area (Å²) in [4.78, 5) is 13.9. The van der Waals surface area contributed by atoms with Gasteiger partial charge in [0.15, 0.2) is 0 Å². The van der Waals surface area contributed by atoms with E-state index in [0.29, 0.717) is 11.3 Å². The second-order valence-corrected chi connectivity index (χ2v) is 5.50. The molecule has 5 heteroatoms. The quantitative estimate of drug-likeness (QED) is 0.844. The van der Waals surface area contributed by atoms with Crippen LogP contribution in [-0.4, -0.2) is 47.8 Å². The summed E-state index contributed by atoms with van der Waals surface area (Å²) in [5.74, 6) is 1.18. The molecule has 0 fully saturated rings. The van der Waals surface area contributed by atoms with E-state index in [4.69, 9.17) is 4.42 Å². The van der Waals surface area contributed by atoms with Crippen molar-refractivity contribution >= 4 is 5.91 Å². The number of amides is 1. The number of carbonyl (C=O) groups is 1. The number of aliphatic hydroxyl groups is 2. The Labute approximate surface area is 113 Å². The molecular formula is C14H23NO4. The highest BCUT2D eigenvalue weighted by atomic mass is 16.3. The van der Waals surface area contributed by atoms with Crippen LogP contribution >= 0.6 is 0 Å². The molecule has 2 N–H and O–H groups in total. The lowest BCUT2D eigenvalue weighted by Crippen LogP contribution is -2.41. The van der Waals surface area contributed by atoms with Gasteiger partial charge in [0, 0.05) is 24.6 Å². The molecule has 0 aliphatic carbocycles. The Hall–Kier alpha value is -1.33. The van der Waals surface area contributed by atoms with E-state index in [1.165, 1.54) is 4.90 Å². The van der Waals surface area contributed by atoms with Crippen LogP contribution in [0.5, 0.6) is 0 Å². The fourth-order valence-electron chi connectivity index (χ4n) is 2.09. The third-order valence-corrected chi connectivity index (χ3v) is 3.50. The van der Waals surface area contributed by atoms with E-state index >= 15 is 0 Å². The molecule has 0 aromatic carbocycles. The van der Waals surface area contributed by atoms with Gasteiger partial charge in [-0.05, 0) is 20.8 Å². The van der Waals surface area contributed by atoms with Gasteiger partial charge in [0.1, 0.15) is 11.5 Å². The van der Waals surface area contributed by atoms with Crippen LogP contribution in [0.3, 0.4) is 0 Å². The van der Waals surface area contributed by atoms with Crippen LogP contribution in [0.2, 0.25) is 0 Å². The third kappa shape index (κ3) is 3.16. The predicted octanol–water partition coefficient (Wildman–Crippen LogP) is 1.27. The number of aliphatic hydroxyl groups excluding tert-OH is 2. The standard InChI is InChI=1S/C14H23NO4/c1-9-10(2)19-11(3)12(9)13(18)15(5)6-14(4,7-16)8-17/h16-17H,6-8H2,1-5H3. The first kappa shape index (κ1) is 15.7. The molecule has 19 heavy (non-hydrogen) atoms. The predicted molar refractivity (Wildman–Crippen MR) is 72.2 cm³/mol. The summed E-state index contributed by atoms with van der Waals surface area (Å²) in [6.07, 6.45) is 0. The summed E-state index contributed by atoms with van der Waals surface area (Å²) in [6, 6.07) is 0. The lowest BCUT2D eigenvalue weighted by molar-refractivity contribution is 0.0365. The van der Waals surface area contributed by atoms with E-state index in [-0.39, 0.29) is 25.7 Å². The van der Waals surface area contributed by atoms with Crippen molar-refractivity contribution in [2.75, 3.05) is 26.8 Å². The van der Waals surface area contributed by atoms with Gasteiger partial charge in [0.25, 0.3) is 5.91 Å². The first-order valence-electron chi connectivity index (χ1n) is 6.29. The van der Waals surface area contributed by atoms with E-state index in [1.54, 1.807) is 20.9 Å². The summed E-state index contributed by atoms with van der Waals surface area (Å²) >= 11 is 0. The first-order valence-corrected chi connectivity index (χ1v) is 6.29. The maximum Gasteiger partial charge on any atom is 0.257 e. The molecule has 0 aliphatic rings. The number of furan rings is 1. The maximum atomic E-state index is 12.4. The summed E-state index contributed by atoms with van der Waals surface area (Å²) in [6.45, 7) is 7.10. The molecule has 1 heterocycles. The van der Waals surface area contributed by atoms with Gasteiger partial charge in [0.2, 0.25) is 0 Å². The Kier molecular flexibility index (Phi) is 4.76. The highest BCUT2D eigenvalue weighted by molar-refractivity contribution is 5.96. The summed E-state index contributed by atoms with van der Waals surface area (Å²) in [5.41, 5.74) is 0.702. The minimum Gasteiger partial charge on any atom is -0.466 e. The van der Waals surface area contributed by atoms with Crippen molar-refractivity contribution in [3.05, 3.63) is 22.6 Å². The Morgan fingerprint density at radius 2 is 1.74 bits per heavy atom. The van der Waals surface area contributed by atoms with Crippen molar-refractivity contribution in [3.8, 4) is 0 Å². The van der Waals surface area contributed by atoms with Gasteiger partial charge in [0.05, 0.1) is 18.8 Å². The van der Waals surface area contributed by atoms with Crippen molar-refractivity contribution in [2.24, 2.45) is 5.41 Å². The van der Waals surface area contributed by atoms with Crippen molar-refractivity contribution in [1.82, 2.24) is 4.90 Å². The third-order valence-electron chi connectivity index (χ3n) is 3.50. The molecule has 0 radical (unpaired) electrons. The molecule has 0 unspecified atom stereocenters. The van der Waals surface area contributed by atoms with Gasteiger partial charge in [-0.3, -0.25) is 4.79 Å². The summed E-state index contributed by atoms with van der Waals surface area (Å²) < 4.78 is 5.45. The van der Waals surface area contributed by atoms with Crippen LogP contribution in [0.1, 0.15) is 34.4 Å². The minimum absolute atomic E-state index is 0.153. The van der Waals surface area contributed by atoms with Crippen LogP contribution in [-0.2, 0) is 0 Å². The highest BCUT2D eigenvalue weighted by Crippen LogP contribution is 2.23. The Morgan fingerprint density at radius 1 is 1.21 bits per heavy atom. The average molecular weight is 269 g/mol. The van der Waals surface area contributed by atoms with Crippen LogP contribution in [0.15, 0.2) is 4.42 Å². The lowest BCUT2D eigenvalue weighted by atomic mass is 9.92. The molecular weight excluding hydrogens is 246 g/mol. The molecule has 108 valence electrons. The van der Waals surface area contributed by atoms with Gasteiger partial charge in [-0.2, -0.15) is 0 Å². The number of nitrogens with zero attached hydrogens (tertiary/aromatic N) is 1. The van der Waals surface area contributed by atoms with Crippen LogP contribution in [0.4, 0.5) is 0 Å². The molecule has 0 saturated heterocycles. The number of rotatable bonds is 5. The zero-order chi connectivity index (χ0) is 14.8. The molecule has 0 bridgehead atoms. The average Bonchev–Trinajstić information content (AvgIpc) is 2.62. The second-order valence-electron chi connectivity index (χ2n) is 5.50. The second kappa shape index (κ2) is 5.75. The van der Waals surface area contributed by atoms with Crippen molar-refractivity contribution in [2.45, 2.75) is 27.7 Å². The van der Waals surface area contributed by atoms with Crippen LogP contribution in [0.25, 0.3) is 0 Å². The SMILES string of the molecule is Cc1oc(C)c(C(=O)N(C)CC(C)(CO)CO)c1C. The molecule has 0 atom stereocenters. The summed E-state index contributed by atoms with van der Waals surface area (Å²) in [5, 5.41) is 18.6. The Bertz CT molecular complexity index is 460. The number of hydrogen-bond acceptors (Lipinski definition) is 4. The largest absolute Gasteiger partial charge is 0.466 e. The monoisotopic (exact) mass is 269 g/mol. The van der Waals surface area contributed by atoms with Crippen LogP contribution in [0, 0.1) is 26.2 Å². The van der Waals surface area contributed by atoms with Crippen molar-refractivity contribution in [1.29, 1.82) is 0 Å². The molecule has 0 spiro atoms. The van der Waals surface area contributed by atoms with Gasteiger partial charge in [-0.15, -0.1) is 0 Å². The zero-order valence-electron chi connectivity index (χ0n) is 12.3. The zero-order valence-corrected chi connectivity index (χ0v) is 12.3. The molecule has 5 nitrogen and oxygen atoms in total. The first-order chi connectivity index (χ1) is 8.75. The van der Waals surface area contributed by atoms with E-state index in [1.807, 2.05) is 13.8 Å². The van der Waals surface area contributed by atoms with E-state index < -0.39 is 5.41 Å².